The fraction of sp³-hybridized carbons (Fsp3) is 0.448. The number of methoxy groups -OCH3 is 1. The number of nitrogens with zero attached hydrogens (tertiary/aromatic N) is 5. The Hall–Kier alpha value is -2.98. The smallest absolute Gasteiger partial charge is 0.146 e. The largest absolute Gasteiger partial charge is 0.495 e. The third-order valence-electron chi connectivity index (χ3n) is 7.93. The molecule has 0 aliphatic carbocycles. The number of aromatic nitrogens is 3. The summed E-state index contributed by atoms with van der Waals surface area (Å²) in [5.41, 5.74) is 9.47. The molecular weight excluding hydrogens is 496 g/mol. The van der Waals surface area contributed by atoms with Gasteiger partial charge in [-0.25, -0.2) is 9.97 Å². The van der Waals surface area contributed by atoms with Crippen LogP contribution >= 0.6 is 11.3 Å². The van der Waals surface area contributed by atoms with Gasteiger partial charge in [-0.2, -0.15) is 0 Å². The highest BCUT2D eigenvalue weighted by molar-refractivity contribution is 7.22. The van der Waals surface area contributed by atoms with Crippen LogP contribution in [0.4, 0.5) is 5.82 Å². The van der Waals surface area contributed by atoms with Gasteiger partial charge in [0.05, 0.1) is 17.2 Å². The number of rotatable bonds is 7. The van der Waals surface area contributed by atoms with Crippen molar-refractivity contribution in [2.75, 3.05) is 45.6 Å². The Labute approximate surface area is 227 Å². The van der Waals surface area contributed by atoms with E-state index < -0.39 is 6.23 Å². The lowest BCUT2D eigenvalue weighted by Gasteiger charge is -2.25. The maximum Gasteiger partial charge on any atom is 0.146 e. The van der Waals surface area contributed by atoms with E-state index in [1.54, 1.807) is 24.8 Å². The zero-order valence-electron chi connectivity index (χ0n) is 22.1. The molecule has 5 heterocycles. The van der Waals surface area contributed by atoms with E-state index in [1.165, 1.54) is 24.8 Å². The molecule has 0 bridgehead atoms. The lowest BCUT2D eigenvalue weighted by molar-refractivity contribution is 0.0582. The van der Waals surface area contributed by atoms with Crippen LogP contribution in [0.3, 0.4) is 0 Å². The van der Waals surface area contributed by atoms with Gasteiger partial charge in [-0.1, -0.05) is 18.6 Å². The predicted molar refractivity (Wildman–Crippen MR) is 155 cm³/mol. The first-order chi connectivity index (χ1) is 18.5. The topological polar surface area (TPSA) is 92.7 Å². The number of ether oxygens (including phenoxy) is 1. The van der Waals surface area contributed by atoms with Crippen LogP contribution in [0.25, 0.3) is 31.6 Å². The highest BCUT2D eigenvalue weighted by Gasteiger charge is 2.30. The summed E-state index contributed by atoms with van der Waals surface area (Å²) < 4.78 is 9.03. The lowest BCUT2D eigenvalue weighted by Crippen LogP contribution is -2.33. The molecule has 38 heavy (non-hydrogen) atoms. The van der Waals surface area contributed by atoms with E-state index >= 15 is 0 Å². The number of nitrogens with two attached hydrogens (primary N) is 1. The molecule has 2 unspecified atom stereocenters. The molecule has 6 rings (SSSR count). The number of nitrogen functional groups attached to an aromatic ring is 1. The quantitative estimate of drug-likeness (QED) is 0.330. The minimum atomic E-state index is -0.580. The third-order valence-corrected chi connectivity index (χ3v) is 9.13. The van der Waals surface area contributed by atoms with Gasteiger partial charge in [-0.15, -0.1) is 11.3 Å². The Kier molecular flexibility index (Phi) is 7.09. The molecule has 2 fully saturated rings. The maximum atomic E-state index is 10.9. The molecule has 0 saturated carbocycles. The van der Waals surface area contributed by atoms with E-state index in [1.807, 2.05) is 6.08 Å². The summed E-state index contributed by atoms with van der Waals surface area (Å²) >= 11 is 1.70. The van der Waals surface area contributed by atoms with Crippen molar-refractivity contribution >= 4 is 38.3 Å². The molecular formula is C29H36N6O2S. The summed E-state index contributed by atoms with van der Waals surface area (Å²) in [7, 11) is 1.72. The molecule has 8 nitrogen and oxygen atoms in total. The van der Waals surface area contributed by atoms with Crippen molar-refractivity contribution in [3.63, 3.8) is 0 Å². The maximum absolute atomic E-state index is 10.9. The second-order valence-corrected chi connectivity index (χ2v) is 11.6. The van der Waals surface area contributed by atoms with Crippen LogP contribution < -0.4 is 10.5 Å². The van der Waals surface area contributed by atoms with Gasteiger partial charge >= 0.3 is 0 Å². The monoisotopic (exact) mass is 532 g/mol. The molecule has 1 aromatic carbocycles. The predicted octanol–water partition coefficient (Wildman–Crippen LogP) is 4.82. The summed E-state index contributed by atoms with van der Waals surface area (Å²) in [6.45, 7) is 6.89. The summed E-state index contributed by atoms with van der Waals surface area (Å²) in [5.74, 6) is 1.37. The van der Waals surface area contributed by atoms with Gasteiger partial charge < -0.3 is 20.1 Å². The number of hydrogen-bond donors (Lipinski definition) is 2. The fourth-order valence-electron chi connectivity index (χ4n) is 5.95. The van der Waals surface area contributed by atoms with Crippen LogP contribution in [0.2, 0.25) is 0 Å². The molecule has 0 radical (unpaired) electrons. The second-order valence-electron chi connectivity index (χ2n) is 10.5. The number of hydrogen-bond acceptors (Lipinski definition) is 8. The zero-order valence-corrected chi connectivity index (χ0v) is 23.0. The summed E-state index contributed by atoms with van der Waals surface area (Å²) in [4.78, 5) is 14.7. The van der Waals surface area contributed by atoms with Crippen molar-refractivity contribution in [3.05, 3.63) is 48.4 Å². The molecule has 2 aliphatic heterocycles. The van der Waals surface area contributed by atoms with E-state index in [0.717, 1.165) is 76.5 Å². The normalized spacial score (nSPS) is 20.2. The standard InChI is InChI=1S/C29H36N6O2S/c1-19-13-20-15-24(38-27(20)23(14-19)37-2)22-17-35(29-26(22)28(30)31-18-32-29)21-8-12-34(16-21)25(36)7-6-11-33-9-4-3-5-10-33/h6-7,13-15,17-18,21,25,36H,3-5,8-12,16H2,1-2H3,(H2,30,31,32)/b7-6+. The van der Waals surface area contributed by atoms with Crippen LogP contribution in [0.5, 0.6) is 5.75 Å². The van der Waals surface area contributed by atoms with Crippen LogP contribution in [-0.4, -0.2) is 75.5 Å². The molecule has 3 N–H and O–H groups in total. The van der Waals surface area contributed by atoms with Crippen LogP contribution in [0.1, 0.15) is 37.3 Å². The van der Waals surface area contributed by atoms with Crippen molar-refractivity contribution in [2.45, 2.75) is 44.9 Å². The van der Waals surface area contributed by atoms with Gasteiger partial charge in [-0.05, 0) is 68.4 Å². The fourth-order valence-corrected chi connectivity index (χ4v) is 7.10. The zero-order chi connectivity index (χ0) is 26.2. The molecule has 3 aromatic heterocycles. The number of aliphatic hydroxyl groups excluding tert-OH is 1. The van der Waals surface area contributed by atoms with Crippen LogP contribution in [-0.2, 0) is 0 Å². The average Bonchev–Trinajstić information content (AvgIpc) is 3.66. The molecule has 4 aromatic rings. The van der Waals surface area contributed by atoms with Crippen molar-refractivity contribution < 1.29 is 9.84 Å². The Bertz CT molecular complexity index is 1470. The first-order valence-electron chi connectivity index (χ1n) is 13.5. The van der Waals surface area contributed by atoms with Crippen molar-refractivity contribution in [3.8, 4) is 16.2 Å². The van der Waals surface area contributed by atoms with Gasteiger partial charge in [0.25, 0.3) is 0 Å². The first kappa shape index (κ1) is 25.3. The minimum absolute atomic E-state index is 0.192. The third kappa shape index (κ3) is 4.80. The number of thiophene rings is 1. The SMILES string of the molecule is COc1cc(C)cc2cc(-c3cn(C4CCN(C(O)/C=C/CN5CCCCC5)C4)c4ncnc(N)c34)sc12. The number of aliphatic hydroxyl groups is 1. The molecule has 9 heteroatoms. The van der Waals surface area contributed by atoms with Gasteiger partial charge in [-0.3, -0.25) is 9.80 Å². The Balaban J connectivity index is 1.27. The van der Waals surface area contributed by atoms with Gasteiger partial charge in [0.15, 0.2) is 0 Å². The number of fused-ring (bicyclic) bond motifs is 2. The lowest BCUT2D eigenvalue weighted by atomic mass is 10.1. The number of piperidine rings is 1. The number of likely N-dealkylation sites (tertiary alicyclic amines) is 2. The second kappa shape index (κ2) is 10.6. The van der Waals surface area contributed by atoms with Crippen molar-refractivity contribution in [2.24, 2.45) is 0 Å². The molecule has 2 atom stereocenters. The molecule has 0 spiro atoms. The minimum Gasteiger partial charge on any atom is -0.495 e. The molecule has 200 valence electrons. The highest BCUT2D eigenvalue weighted by Crippen LogP contribution is 2.43. The average molecular weight is 533 g/mol. The number of benzene rings is 1. The van der Waals surface area contributed by atoms with Gasteiger partial charge in [0, 0.05) is 42.3 Å². The van der Waals surface area contributed by atoms with E-state index in [-0.39, 0.29) is 6.04 Å². The van der Waals surface area contributed by atoms with Gasteiger partial charge in [0.1, 0.15) is 29.8 Å². The van der Waals surface area contributed by atoms with E-state index in [2.05, 4.69) is 61.7 Å². The summed E-state index contributed by atoms with van der Waals surface area (Å²) in [6.07, 6.45) is 12.0. The highest BCUT2D eigenvalue weighted by atomic mass is 32.1. The summed E-state index contributed by atoms with van der Waals surface area (Å²) in [5, 5.41) is 12.9. The molecule has 0 amide bonds. The number of aryl methyl sites for hydroxylation is 1. The summed E-state index contributed by atoms with van der Waals surface area (Å²) in [6, 6.07) is 6.66. The van der Waals surface area contributed by atoms with Crippen molar-refractivity contribution in [1.29, 1.82) is 0 Å². The Morgan fingerprint density at radius 1 is 1.18 bits per heavy atom. The van der Waals surface area contributed by atoms with E-state index in [0.29, 0.717) is 5.82 Å². The van der Waals surface area contributed by atoms with E-state index in [4.69, 9.17) is 10.5 Å². The van der Waals surface area contributed by atoms with E-state index in [9.17, 15) is 5.11 Å². The number of anilines is 1. The van der Waals surface area contributed by atoms with Crippen molar-refractivity contribution in [1.82, 2.24) is 24.3 Å². The molecule has 2 saturated heterocycles. The Morgan fingerprint density at radius 2 is 2.03 bits per heavy atom. The first-order valence-corrected chi connectivity index (χ1v) is 14.3. The molecule has 2 aliphatic rings. The van der Waals surface area contributed by atoms with Crippen LogP contribution in [0.15, 0.2) is 42.9 Å². The van der Waals surface area contributed by atoms with Gasteiger partial charge in [0.2, 0.25) is 0 Å². The Morgan fingerprint density at radius 3 is 2.84 bits per heavy atom. The van der Waals surface area contributed by atoms with Crippen LogP contribution in [0, 0.1) is 6.92 Å².